The summed E-state index contributed by atoms with van der Waals surface area (Å²) in [5.41, 5.74) is 5.82. The van der Waals surface area contributed by atoms with E-state index in [1.165, 1.54) is 12.4 Å². The Labute approximate surface area is 181 Å². The van der Waals surface area contributed by atoms with Gasteiger partial charge in [-0.1, -0.05) is 58.5 Å². The van der Waals surface area contributed by atoms with Gasteiger partial charge >= 0.3 is 0 Å². The van der Waals surface area contributed by atoms with E-state index in [2.05, 4.69) is 21.1 Å². The molecule has 0 saturated heterocycles. The summed E-state index contributed by atoms with van der Waals surface area (Å²) in [6.07, 6.45) is 2.65. The van der Waals surface area contributed by atoms with Crippen LogP contribution in [0.4, 0.5) is 0 Å². The molecule has 0 bridgehead atoms. The van der Waals surface area contributed by atoms with Gasteiger partial charge in [0.15, 0.2) is 0 Å². The molecule has 0 aromatic heterocycles. The zero-order valence-corrected chi connectivity index (χ0v) is 17.3. The summed E-state index contributed by atoms with van der Waals surface area (Å²) in [5, 5.41) is 9.39. The average molecular weight is 460 g/mol. The molecule has 2 N–H and O–H groups in total. The Hall–Kier alpha value is -2.12. The van der Waals surface area contributed by atoms with Crippen molar-refractivity contribution < 1.29 is 9.59 Å². The van der Waals surface area contributed by atoms with E-state index >= 15 is 0 Å². The normalized spacial score (nSPS) is 11.1. The van der Waals surface area contributed by atoms with Crippen LogP contribution in [0.3, 0.4) is 0 Å². The second-order valence-corrected chi connectivity index (χ2v) is 7.11. The maximum atomic E-state index is 11.7. The first-order valence-corrected chi connectivity index (χ1v) is 9.40. The molecule has 0 atom stereocenters. The Morgan fingerprint density at radius 2 is 1.14 bits per heavy atom. The van der Waals surface area contributed by atoms with Crippen molar-refractivity contribution in [2.75, 3.05) is 0 Å². The number of rotatable bonds is 7. The summed E-state index contributed by atoms with van der Waals surface area (Å²) in [7, 11) is 0. The fraction of sp³-hybridized carbons (Fsp3) is 0.111. The van der Waals surface area contributed by atoms with E-state index in [1.54, 1.807) is 36.4 Å². The molecule has 0 aliphatic carbocycles. The number of carbonyl (C=O) groups excluding carboxylic acids is 2. The maximum Gasteiger partial charge on any atom is 0.240 e. The molecular weight excluding hydrogens is 446 g/mol. The molecule has 0 spiro atoms. The summed E-state index contributed by atoms with van der Waals surface area (Å²) in [4.78, 5) is 23.4. The predicted octanol–water partition coefficient (Wildman–Crippen LogP) is 4.68. The smallest absolute Gasteiger partial charge is 0.240 e. The number of benzene rings is 2. The molecule has 146 valence electrons. The van der Waals surface area contributed by atoms with Crippen LogP contribution in [0.1, 0.15) is 24.0 Å². The van der Waals surface area contributed by atoms with Crippen molar-refractivity contribution in [2.24, 2.45) is 10.2 Å². The molecule has 28 heavy (non-hydrogen) atoms. The molecule has 0 aliphatic rings. The van der Waals surface area contributed by atoms with Crippen LogP contribution in [0.25, 0.3) is 0 Å². The van der Waals surface area contributed by atoms with Crippen molar-refractivity contribution in [2.45, 2.75) is 12.8 Å². The molecule has 2 aromatic carbocycles. The summed E-state index contributed by atoms with van der Waals surface area (Å²) >= 11 is 23.6. The summed E-state index contributed by atoms with van der Waals surface area (Å²) in [6.45, 7) is 0. The van der Waals surface area contributed by atoms with E-state index in [1.807, 2.05) is 0 Å². The van der Waals surface area contributed by atoms with Crippen LogP contribution in [0.2, 0.25) is 20.1 Å². The van der Waals surface area contributed by atoms with Crippen LogP contribution < -0.4 is 10.9 Å². The molecule has 0 fully saturated rings. The molecule has 2 rings (SSSR count). The van der Waals surface area contributed by atoms with Crippen molar-refractivity contribution in [3.05, 3.63) is 67.6 Å². The highest BCUT2D eigenvalue weighted by molar-refractivity contribution is 6.36. The minimum absolute atomic E-state index is 0.0608. The van der Waals surface area contributed by atoms with Gasteiger partial charge in [0.25, 0.3) is 0 Å². The lowest BCUT2D eigenvalue weighted by molar-refractivity contribution is -0.126. The lowest BCUT2D eigenvalue weighted by Crippen LogP contribution is -2.22. The largest absolute Gasteiger partial charge is 0.273 e. The standard InChI is InChI=1S/C18H14Cl4N4O2/c19-13-3-1-11(15(21)7-13)9-23-25-17(27)5-6-18(28)26-24-10-12-2-4-14(20)8-16(12)22/h1-4,7-10H,5-6H2,(H,25,27)(H,26,28)/b23-9+,24-10+. The lowest BCUT2D eigenvalue weighted by Gasteiger charge is -2.01. The highest BCUT2D eigenvalue weighted by Gasteiger charge is 2.06. The number of amides is 2. The number of nitrogens with one attached hydrogen (secondary N) is 2. The van der Waals surface area contributed by atoms with E-state index in [4.69, 9.17) is 46.4 Å². The Morgan fingerprint density at radius 1 is 0.750 bits per heavy atom. The second-order valence-electron chi connectivity index (χ2n) is 5.42. The summed E-state index contributed by atoms with van der Waals surface area (Å²) in [6, 6.07) is 9.76. The predicted molar refractivity (Wildman–Crippen MR) is 114 cm³/mol. The molecule has 6 nitrogen and oxygen atoms in total. The van der Waals surface area contributed by atoms with Crippen LogP contribution >= 0.6 is 46.4 Å². The Bertz CT molecular complexity index is 856. The zero-order chi connectivity index (χ0) is 20.5. The fourth-order valence-electron chi connectivity index (χ4n) is 1.90. The Balaban J connectivity index is 1.73. The molecule has 0 unspecified atom stereocenters. The fourth-order valence-corrected chi connectivity index (χ4v) is 2.81. The minimum Gasteiger partial charge on any atom is -0.273 e. The topological polar surface area (TPSA) is 82.9 Å². The number of carbonyl (C=O) groups is 2. The van der Waals surface area contributed by atoms with Crippen molar-refractivity contribution >= 4 is 70.6 Å². The zero-order valence-electron chi connectivity index (χ0n) is 14.3. The third-order valence-electron chi connectivity index (χ3n) is 3.29. The molecule has 2 amide bonds. The van der Waals surface area contributed by atoms with Gasteiger partial charge in [-0.15, -0.1) is 0 Å². The van der Waals surface area contributed by atoms with Crippen LogP contribution in [0.5, 0.6) is 0 Å². The van der Waals surface area contributed by atoms with E-state index in [-0.39, 0.29) is 12.8 Å². The minimum atomic E-state index is -0.429. The van der Waals surface area contributed by atoms with E-state index in [0.717, 1.165) is 0 Å². The van der Waals surface area contributed by atoms with Gasteiger partial charge < -0.3 is 0 Å². The van der Waals surface area contributed by atoms with Gasteiger partial charge in [-0.05, 0) is 24.3 Å². The number of hydrogen-bond acceptors (Lipinski definition) is 4. The number of hydrogen-bond donors (Lipinski definition) is 2. The highest BCUT2D eigenvalue weighted by Crippen LogP contribution is 2.20. The van der Waals surface area contributed by atoms with E-state index in [9.17, 15) is 9.59 Å². The third-order valence-corrected chi connectivity index (χ3v) is 4.41. The van der Waals surface area contributed by atoms with Crippen LogP contribution in [0, 0.1) is 0 Å². The van der Waals surface area contributed by atoms with Gasteiger partial charge in [-0.25, -0.2) is 10.9 Å². The van der Waals surface area contributed by atoms with Crippen LogP contribution in [-0.4, -0.2) is 24.2 Å². The number of nitrogens with zero attached hydrogens (tertiary/aromatic N) is 2. The molecule has 0 saturated carbocycles. The quantitative estimate of drug-likeness (QED) is 0.465. The second kappa shape index (κ2) is 11.0. The highest BCUT2D eigenvalue weighted by atomic mass is 35.5. The summed E-state index contributed by atoms with van der Waals surface area (Å²) < 4.78 is 0. The van der Waals surface area contributed by atoms with Crippen molar-refractivity contribution in [1.82, 2.24) is 10.9 Å². The van der Waals surface area contributed by atoms with E-state index < -0.39 is 11.8 Å². The van der Waals surface area contributed by atoms with Crippen molar-refractivity contribution in [3.8, 4) is 0 Å². The first kappa shape index (κ1) is 22.2. The molecular formula is C18H14Cl4N4O2. The van der Waals surface area contributed by atoms with Crippen molar-refractivity contribution in [3.63, 3.8) is 0 Å². The van der Waals surface area contributed by atoms with Crippen molar-refractivity contribution in [1.29, 1.82) is 0 Å². The maximum absolute atomic E-state index is 11.7. The molecule has 0 radical (unpaired) electrons. The molecule has 0 aliphatic heterocycles. The van der Waals surface area contributed by atoms with Gasteiger partial charge in [0.05, 0.1) is 22.5 Å². The third kappa shape index (κ3) is 7.48. The van der Waals surface area contributed by atoms with Crippen LogP contribution in [-0.2, 0) is 9.59 Å². The first-order valence-electron chi connectivity index (χ1n) is 7.89. The lowest BCUT2D eigenvalue weighted by atomic mass is 10.2. The number of hydrazone groups is 2. The van der Waals surface area contributed by atoms with E-state index in [0.29, 0.717) is 31.2 Å². The van der Waals surface area contributed by atoms with Gasteiger partial charge in [-0.2, -0.15) is 10.2 Å². The monoisotopic (exact) mass is 458 g/mol. The van der Waals surface area contributed by atoms with Gasteiger partial charge in [0.2, 0.25) is 11.8 Å². The Morgan fingerprint density at radius 3 is 1.50 bits per heavy atom. The summed E-state index contributed by atoms with van der Waals surface area (Å²) in [5.74, 6) is -0.859. The van der Waals surface area contributed by atoms with Crippen LogP contribution in [0.15, 0.2) is 46.6 Å². The molecule has 0 heterocycles. The SMILES string of the molecule is O=C(CCC(=O)N/N=C/c1ccc(Cl)cc1Cl)N/N=C/c1ccc(Cl)cc1Cl. The van der Waals surface area contributed by atoms with Gasteiger partial charge in [-0.3, -0.25) is 9.59 Å². The number of halogens is 4. The van der Waals surface area contributed by atoms with Gasteiger partial charge in [0, 0.05) is 34.0 Å². The van der Waals surface area contributed by atoms with Gasteiger partial charge in [0.1, 0.15) is 0 Å². The Kier molecular flexibility index (Phi) is 8.73. The molecule has 2 aromatic rings. The molecule has 10 heteroatoms. The average Bonchev–Trinajstić information content (AvgIpc) is 2.63. The first-order chi connectivity index (χ1) is 13.3.